The van der Waals surface area contributed by atoms with Crippen molar-refractivity contribution in [3.63, 3.8) is 0 Å². The van der Waals surface area contributed by atoms with Gasteiger partial charge in [-0.2, -0.15) is 0 Å². The molecule has 3 rings (SSSR count). The summed E-state index contributed by atoms with van der Waals surface area (Å²) in [4.78, 5) is 4.15. The molecule has 112 valence electrons. The smallest absolute Gasteiger partial charge is 0.142 e. The number of aromatic nitrogens is 2. The van der Waals surface area contributed by atoms with E-state index in [0.29, 0.717) is 5.02 Å². The Kier molecular flexibility index (Phi) is 4.17. The number of aryl methyl sites for hydroxylation is 2. The Morgan fingerprint density at radius 3 is 3.10 bits per heavy atom. The Bertz CT molecular complexity index is 638. The Labute approximate surface area is 130 Å². The second-order valence-corrected chi connectivity index (χ2v) is 5.99. The molecule has 1 aromatic carbocycles. The van der Waals surface area contributed by atoms with E-state index in [0.717, 1.165) is 37.3 Å². The van der Waals surface area contributed by atoms with Gasteiger partial charge in [0.15, 0.2) is 0 Å². The van der Waals surface area contributed by atoms with Crippen molar-refractivity contribution in [3.05, 3.63) is 46.5 Å². The summed E-state index contributed by atoms with van der Waals surface area (Å²) in [6.45, 7) is 3.57. The van der Waals surface area contributed by atoms with Crippen molar-refractivity contribution < 1.29 is 4.74 Å². The highest BCUT2D eigenvalue weighted by atomic mass is 35.5. The van der Waals surface area contributed by atoms with E-state index < -0.39 is 0 Å². The zero-order chi connectivity index (χ0) is 14.8. The summed E-state index contributed by atoms with van der Waals surface area (Å²) in [7, 11) is 2.01. The zero-order valence-corrected chi connectivity index (χ0v) is 13.2. The third kappa shape index (κ3) is 3.06. The maximum atomic E-state index is 6.34. The van der Waals surface area contributed by atoms with Crippen molar-refractivity contribution in [2.45, 2.75) is 32.4 Å². The Morgan fingerprint density at radius 1 is 1.48 bits per heavy atom. The van der Waals surface area contributed by atoms with Crippen molar-refractivity contribution in [1.82, 2.24) is 14.9 Å². The number of benzene rings is 1. The summed E-state index contributed by atoms with van der Waals surface area (Å²) in [6, 6.07) is 4.40. The van der Waals surface area contributed by atoms with Crippen LogP contribution in [0.1, 0.15) is 35.7 Å². The lowest BCUT2D eigenvalue weighted by molar-refractivity contribution is 0.315. The van der Waals surface area contributed by atoms with Gasteiger partial charge in [-0.15, -0.1) is 0 Å². The first-order valence-electron chi connectivity index (χ1n) is 7.26. The van der Waals surface area contributed by atoms with E-state index in [9.17, 15) is 0 Å². The molecule has 0 bridgehead atoms. The Morgan fingerprint density at radius 2 is 2.33 bits per heavy atom. The monoisotopic (exact) mass is 305 g/mol. The minimum absolute atomic E-state index is 0.259. The molecule has 4 nitrogen and oxygen atoms in total. The van der Waals surface area contributed by atoms with Crippen molar-refractivity contribution in [2.75, 3.05) is 6.61 Å². The van der Waals surface area contributed by atoms with Crippen LogP contribution in [0.3, 0.4) is 0 Å². The number of nitrogens with zero attached hydrogens (tertiary/aromatic N) is 2. The van der Waals surface area contributed by atoms with Gasteiger partial charge in [-0.3, -0.25) is 0 Å². The lowest BCUT2D eigenvalue weighted by Crippen LogP contribution is -2.22. The van der Waals surface area contributed by atoms with Crippen LogP contribution in [-0.4, -0.2) is 16.2 Å². The van der Waals surface area contributed by atoms with Gasteiger partial charge in [-0.1, -0.05) is 17.7 Å². The van der Waals surface area contributed by atoms with E-state index >= 15 is 0 Å². The van der Waals surface area contributed by atoms with Gasteiger partial charge in [-0.05, 0) is 31.4 Å². The topological polar surface area (TPSA) is 39.1 Å². The molecule has 21 heavy (non-hydrogen) atoms. The largest absolute Gasteiger partial charge is 0.492 e. The van der Waals surface area contributed by atoms with E-state index in [1.807, 2.05) is 30.2 Å². The van der Waals surface area contributed by atoms with E-state index in [2.05, 4.69) is 23.3 Å². The summed E-state index contributed by atoms with van der Waals surface area (Å²) >= 11 is 6.34. The van der Waals surface area contributed by atoms with Crippen molar-refractivity contribution in [2.24, 2.45) is 7.05 Å². The SMILES string of the molecule is Cc1cc(Cl)c2c(c1)C(NCc1cncn1C)CCCO2. The van der Waals surface area contributed by atoms with Crippen molar-refractivity contribution >= 4 is 11.6 Å². The van der Waals surface area contributed by atoms with E-state index in [1.54, 1.807) is 0 Å². The predicted octanol–water partition coefficient (Wildman–Crippen LogP) is 3.39. The molecule has 2 heterocycles. The quantitative estimate of drug-likeness (QED) is 0.945. The second kappa shape index (κ2) is 6.08. The molecule has 0 amide bonds. The molecule has 0 aliphatic carbocycles. The lowest BCUT2D eigenvalue weighted by Gasteiger charge is -2.20. The van der Waals surface area contributed by atoms with Crippen LogP contribution in [-0.2, 0) is 13.6 Å². The Balaban J connectivity index is 1.84. The van der Waals surface area contributed by atoms with Crippen LogP contribution in [0, 0.1) is 6.92 Å². The highest BCUT2D eigenvalue weighted by Crippen LogP contribution is 2.38. The van der Waals surface area contributed by atoms with Crippen LogP contribution in [0.2, 0.25) is 5.02 Å². The number of rotatable bonds is 3. The first kappa shape index (κ1) is 14.4. The average Bonchev–Trinajstić information content (AvgIpc) is 2.73. The minimum Gasteiger partial charge on any atom is -0.492 e. The van der Waals surface area contributed by atoms with E-state index in [1.165, 1.54) is 11.3 Å². The molecule has 1 atom stereocenters. The summed E-state index contributed by atoms with van der Waals surface area (Å²) in [6.07, 6.45) is 5.78. The summed E-state index contributed by atoms with van der Waals surface area (Å²) in [5.74, 6) is 0.835. The van der Waals surface area contributed by atoms with E-state index in [4.69, 9.17) is 16.3 Å². The first-order chi connectivity index (χ1) is 10.1. The number of imidazole rings is 1. The van der Waals surface area contributed by atoms with Crippen LogP contribution in [0.5, 0.6) is 5.75 Å². The number of hydrogen-bond donors (Lipinski definition) is 1. The number of hydrogen-bond acceptors (Lipinski definition) is 3. The van der Waals surface area contributed by atoms with Gasteiger partial charge < -0.3 is 14.6 Å². The zero-order valence-electron chi connectivity index (χ0n) is 12.4. The molecule has 2 aromatic rings. The van der Waals surface area contributed by atoms with Gasteiger partial charge in [-0.25, -0.2) is 4.98 Å². The highest BCUT2D eigenvalue weighted by molar-refractivity contribution is 6.32. The fourth-order valence-electron chi connectivity index (χ4n) is 2.78. The normalized spacial score (nSPS) is 18.0. The average molecular weight is 306 g/mol. The number of ether oxygens (including phenoxy) is 1. The molecular weight excluding hydrogens is 286 g/mol. The molecule has 1 aliphatic heterocycles. The van der Waals surface area contributed by atoms with Gasteiger partial charge in [0, 0.05) is 31.4 Å². The summed E-state index contributed by atoms with van der Waals surface area (Å²) in [5, 5.41) is 4.32. The van der Waals surface area contributed by atoms with Crippen LogP contribution in [0.15, 0.2) is 24.7 Å². The summed E-state index contributed by atoms with van der Waals surface area (Å²) < 4.78 is 7.87. The lowest BCUT2D eigenvalue weighted by atomic mass is 10.00. The number of fused-ring (bicyclic) bond motifs is 1. The molecule has 0 saturated heterocycles. The van der Waals surface area contributed by atoms with Gasteiger partial charge in [0.25, 0.3) is 0 Å². The van der Waals surface area contributed by atoms with E-state index in [-0.39, 0.29) is 6.04 Å². The van der Waals surface area contributed by atoms with Gasteiger partial charge in [0.05, 0.1) is 23.7 Å². The molecule has 1 N–H and O–H groups in total. The minimum atomic E-state index is 0.259. The Hall–Kier alpha value is -1.52. The molecule has 1 unspecified atom stereocenters. The molecule has 0 spiro atoms. The maximum absolute atomic E-state index is 6.34. The molecule has 1 aliphatic rings. The fourth-order valence-corrected chi connectivity index (χ4v) is 3.11. The van der Waals surface area contributed by atoms with Gasteiger partial charge in [0.1, 0.15) is 5.75 Å². The third-order valence-electron chi connectivity index (χ3n) is 3.92. The molecule has 0 saturated carbocycles. The number of halogens is 1. The maximum Gasteiger partial charge on any atom is 0.142 e. The molecular formula is C16H20ClN3O. The third-order valence-corrected chi connectivity index (χ3v) is 4.20. The molecule has 1 aromatic heterocycles. The summed E-state index contributed by atoms with van der Waals surface area (Å²) in [5.41, 5.74) is 3.50. The standard InChI is InChI=1S/C16H20ClN3O/c1-11-6-13-15(19-9-12-8-18-10-20(12)2)4-3-5-21-16(13)14(17)7-11/h6-8,10,15,19H,3-5,9H2,1-2H3. The van der Waals surface area contributed by atoms with Crippen molar-refractivity contribution in [1.29, 1.82) is 0 Å². The molecule has 5 heteroatoms. The first-order valence-corrected chi connectivity index (χ1v) is 7.64. The van der Waals surface area contributed by atoms with Crippen LogP contribution in [0.25, 0.3) is 0 Å². The molecule has 0 fully saturated rings. The van der Waals surface area contributed by atoms with Crippen molar-refractivity contribution in [3.8, 4) is 5.75 Å². The van der Waals surface area contributed by atoms with Gasteiger partial charge >= 0.3 is 0 Å². The van der Waals surface area contributed by atoms with Crippen LogP contribution < -0.4 is 10.1 Å². The predicted molar refractivity (Wildman–Crippen MR) is 83.7 cm³/mol. The fraction of sp³-hybridized carbons (Fsp3) is 0.438. The highest BCUT2D eigenvalue weighted by Gasteiger charge is 2.22. The number of nitrogens with one attached hydrogen (secondary N) is 1. The van der Waals surface area contributed by atoms with Gasteiger partial charge in [0.2, 0.25) is 0 Å². The second-order valence-electron chi connectivity index (χ2n) is 5.59. The molecule has 0 radical (unpaired) electrons. The van der Waals surface area contributed by atoms with Crippen LogP contribution in [0.4, 0.5) is 0 Å². The van der Waals surface area contributed by atoms with Crippen LogP contribution >= 0.6 is 11.6 Å².